The van der Waals surface area contributed by atoms with Crippen LogP contribution < -0.4 is 0 Å². The molecule has 0 bridgehead atoms. The topological polar surface area (TPSA) is 12.9 Å². The van der Waals surface area contributed by atoms with Crippen LogP contribution in [0.5, 0.6) is 0 Å². The second kappa shape index (κ2) is 7.07. The van der Waals surface area contributed by atoms with Crippen LogP contribution >= 0.6 is 0 Å². The number of aryl methyl sites for hydroxylation is 2. The lowest BCUT2D eigenvalue weighted by Crippen LogP contribution is -1.88. The Morgan fingerprint density at radius 2 is 1.86 bits per heavy atom. The molecule has 0 aliphatic carbocycles. The molecule has 1 rings (SSSR count). The lowest BCUT2D eigenvalue weighted by molar-refractivity contribution is 1.15. The van der Waals surface area contributed by atoms with Gasteiger partial charge in [0, 0.05) is 5.69 Å². The van der Waals surface area contributed by atoms with Gasteiger partial charge in [-0.05, 0) is 31.6 Å². The van der Waals surface area contributed by atoms with Gasteiger partial charge in [0.1, 0.15) is 0 Å². The highest BCUT2D eigenvalue weighted by molar-refractivity contribution is 5.50. The first-order valence-corrected chi connectivity index (χ1v) is 4.97. The van der Waals surface area contributed by atoms with Crippen molar-refractivity contribution in [2.45, 2.75) is 27.7 Å². The van der Waals surface area contributed by atoms with Gasteiger partial charge >= 0.3 is 0 Å². The van der Waals surface area contributed by atoms with Crippen LogP contribution in [-0.4, -0.2) is 4.98 Å². The quantitative estimate of drug-likeness (QED) is 0.642. The minimum absolute atomic E-state index is 1.02. The molecule has 0 unspecified atom stereocenters. The fraction of sp³-hybridized carbons (Fsp3) is 0.308. The molecular weight excluding hydrogens is 170 g/mol. The van der Waals surface area contributed by atoms with E-state index in [0.717, 1.165) is 11.4 Å². The predicted molar refractivity (Wildman–Crippen MR) is 64.3 cm³/mol. The summed E-state index contributed by atoms with van der Waals surface area (Å²) in [6.07, 6.45) is 5.62. The van der Waals surface area contributed by atoms with E-state index in [-0.39, 0.29) is 0 Å². The lowest BCUT2D eigenvalue weighted by atomic mass is 10.2. The highest BCUT2D eigenvalue weighted by atomic mass is 14.7. The third-order valence-electron chi connectivity index (χ3n) is 1.67. The van der Waals surface area contributed by atoms with Gasteiger partial charge in [0.15, 0.2) is 0 Å². The zero-order chi connectivity index (χ0) is 11.0. The van der Waals surface area contributed by atoms with E-state index in [4.69, 9.17) is 0 Å². The molecule has 1 heteroatoms. The van der Waals surface area contributed by atoms with E-state index in [1.165, 1.54) is 5.56 Å². The molecule has 76 valence electrons. The van der Waals surface area contributed by atoms with E-state index in [1.54, 1.807) is 6.08 Å². The average molecular weight is 189 g/mol. The van der Waals surface area contributed by atoms with E-state index in [1.807, 2.05) is 39.0 Å². The summed E-state index contributed by atoms with van der Waals surface area (Å²) in [5.74, 6) is 0. The van der Waals surface area contributed by atoms with Crippen molar-refractivity contribution in [3.63, 3.8) is 0 Å². The van der Waals surface area contributed by atoms with Crippen LogP contribution in [0.25, 0.3) is 6.08 Å². The second-order valence-electron chi connectivity index (χ2n) is 2.75. The van der Waals surface area contributed by atoms with Crippen molar-refractivity contribution in [1.29, 1.82) is 0 Å². The molecule has 0 saturated carbocycles. The molecule has 0 aliphatic heterocycles. The van der Waals surface area contributed by atoms with Crippen LogP contribution in [0.15, 0.2) is 30.9 Å². The van der Waals surface area contributed by atoms with E-state index in [0.29, 0.717) is 0 Å². The van der Waals surface area contributed by atoms with Crippen LogP contribution in [0.2, 0.25) is 0 Å². The van der Waals surface area contributed by atoms with Crippen LogP contribution in [0.3, 0.4) is 0 Å². The fourth-order valence-corrected chi connectivity index (χ4v) is 0.974. The maximum Gasteiger partial charge on any atom is 0.0661 e. The second-order valence-corrected chi connectivity index (χ2v) is 2.75. The Kier molecular flexibility index (Phi) is 6.38. The van der Waals surface area contributed by atoms with Gasteiger partial charge in [-0.15, -0.1) is 0 Å². The molecule has 0 amide bonds. The van der Waals surface area contributed by atoms with Gasteiger partial charge in [-0.1, -0.05) is 38.6 Å². The molecular formula is C13H19N. The van der Waals surface area contributed by atoms with Gasteiger partial charge in [0.2, 0.25) is 0 Å². The third-order valence-corrected chi connectivity index (χ3v) is 1.67. The number of nitrogens with zero attached hydrogens (tertiary/aromatic N) is 1. The first kappa shape index (κ1) is 12.6. The number of rotatable bonds is 2. The number of aromatic nitrogens is 1. The molecule has 0 spiro atoms. The molecule has 1 aromatic rings. The molecule has 0 aromatic carbocycles. The Bertz CT molecular complexity index is 311. The number of hydrogen-bond acceptors (Lipinski definition) is 1. The normalized spacial score (nSPS) is 9.43. The summed E-state index contributed by atoms with van der Waals surface area (Å²) in [4.78, 5) is 4.38. The maximum absolute atomic E-state index is 4.38. The van der Waals surface area contributed by atoms with Gasteiger partial charge in [0.25, 0.3) is 0 Å². The van der Waals surface area contributed by atoms with E-state index >= 15 is 0 Å². The molecule has 0 fully saturated rings. The van der Waals surface area contributed by atoms with Gasteiger partial charge in [-0.25, -0.2) is 0 Å². The minimum Gasteiger partial charge on any atom is -0.253 e. The molecule has 1 nitrogen and oxygen atoms in total. The Morgan fingerprint density at radius 1 is 1.21 bits per heavy atom. The van der Waals surface area contributed by atoms with Gasteiger partial charge < -0.3 is 0 Å². The minimum atomic E-state index is 1.02. The zero-order valence-corrected chi connectivity index (χ0v) is 9.54. The lowest BCUT2D eigenvalue weighted by Gasteiger charge is -1.99. The van der Waals surface area contributed by atoms with Crippen LogP contribution in [0.1, 0.15) is 30.8 Å². The Morgan fingerprint density at radius 3 is 2.43 bits per heavy atom. The molecule has 1 heterocycles. The van der Waals surface area contributed by atoms with Crippen molar-refractivity contribution in [1.82, 2.24) is 4.98 Å². The Balaban J connectivity index is 0.000000791. The summed E-state index contributed by atoms with van der Waals surface area (Å²) in [7, 11) is 0. The van der Waals surface area contributed by atoms with Crippen molar-refractivity contribution >= 4 is 6.08 Å². The maximum atomic E-state index is 4.38. The SMILES string of the molecule is C=C/C=C\c1nc(C)ccc1C.CC. The Labute approximate surface area is 87.2 Å². The van der Waals surface area contributed by atoms with Crippen molar-refractivity contribution in [2.75, 3.05) is 0 Å². The summed E-state index contributed by atoms with van der Waals surface area (Å²) in [6.45, 7) is 11.7. The van der Waals surface area contributed by atoms with E-state index in [2.05, 4.69) is 24.6 Å². The largest absolute Gasteiger partial charge is 0.253 e. The molecule has 0 radical (unpaired) electrons. The predicted octanol–water partition coefficient (Wildman–Crippen LogP) is 3.92. The highest BCUT2D eigenvalue weighted by Crippen LogP contribution is 2.07. The van der Waals surface area contributed by atoms with Gasteiger partial charge in [-0.3, -0.25) is 4.98 Å². The summed E-state index contributed by atoms with van der Waals surface area (Å²) in [6, 6.07) is 4.09. The van der Waals surface area contributed by atoms with Gasteiger partial charge in [0.05, 0.1) is 5.69 Å². The summed E-state index contributed by atoms with van der Waals surface area (Å²) in [5, 5.41) is 0. The summed E-state index contributed by atoms with van der Waals surface area (Å²) >= 11 is 0. The van der Waals surface area contributed by atoms with Gasteiger partial charge in [-0.2, -0.15) is 0 Å². The standard InChI is InChI=1S/C11H13N.C2H6/c1-4-5-6-11-9(2)7-8-10(3)12-11;1-2/h4-8H,1H2,2-3H3;1-2H3/b6-5-;. The number of allylic oxidation sites excluding steroid dienone is 2. The fourth-order valence-electron chi connectivity index (χ4n) is 0.974. The average Bonchev–Trinajstić information content (AvgIpc) is 2.22. The monoisotopic (exact) mass is 189 g/mol. The first-order chi connectivity index (χ1) is 6.74. The van der Waals surface area contributed by atoms with Crippen molar-refractivity contribution in [3.8, 4) is 0 Å². The molecule has 0 saturated heterocycles. The van der Waals surface area contributed by atoms with Crippen molar-refractivity contribution in [3.05, 3.63) is 47.8 Å². The van der Waals surface area contributed by atoms with Crippen molar-refractivity contribution in [2.24, 2.45) is 0 Å². The van der Waals surface area contributed by atoms with Crippen LogP contribution in [-0.2, 0) is 0 Å². The molecule has 1 aromatic heterocycles. The Hall–Kier alpha value is -1.37. The van der Waals surface area contributed by atoms with Crippen LogP contribution in [0.4, 0.5) is 0 Å². The molecule has 0 atom stereocenters. The number of pyridine rings is 1. The van der Waals surface area contributed by atoms with E-state index in [9.17, 15) is 0 Å². The third kappa shape index (κ3) is 4.04. The van der Waals surface area contributed by atoms with E-state index < -0.39 is 0 Å². The molecule has 0 aliphatic rings. The summed E-state index contributed by atoms with van der Waals surface area (Å²) in [5.41, 5.74) is 3.26. The molecule has 0 N–H and O–H groups in total. The zero-order valence-electron chi connectivity index (χ0n) is 9.54. The first-order valence-electron chi connectivity index (χ1n) is 4.97. The number of hydrogen-bond donors (Lipinski definition) is 0. The van der Waals surface area contributed by atoms with Crippen LogP contribution in [0, 0.1) is 13.8 Å². The molecule has 14 heavy (non-hydrogen) atoms. The highest BCUT2D eigenvalue weighted by Gasteiger charge is 1.94. The smallest absolute Gasteiger partial charge is 0.0661 e. The van der Waals surface area contributed by atoms with Crippen molar-refractivity contribution < 1.29 is 0 Å². The summed E-state index contributed by atoms with van der Waals surface area (Å²) < 4.78 is 0.